The highest BCUT2D eigenvalue weighted by molar-refractivity contribution is 5.99. The molecule has 5 nitrogen and oxygen atoms in total. The number of hydrogen-bond acceptors (Lipinski definition) is 4. The van der Waals surface area contributed by atoms with Crippen LogP contribution >= 0.6 is 0 Å². The molecule has 4 N–H and O–H groups in total. The minimum absolute atomic E-state index is 0.448. The van der Waals surface area contributed by atoms with Crippen LogP contribution in [-0.2, 0) is 13.0 Å². The number of nitrogens with two attached hydrogens (primary N) is 1. The Hall–Kier alpha value is -2.40. The van der Waals surface area contributed by atoms with Crippen molar-refractivity contribution in [1.82, 2.24) is 10.3 Å². The number of carbonyl (C=O) groups excluding carboxylic acids is 1. The second kappa shape index (κ2) is 5.54. The highest BCUT2D eigenvalue weighted by atomic mass is 16.1. The summed E-state index contributed by atoms with van der Waals surface area (Å²) >= 11 is 0. The van der Waals surface area contributed by atoms with Gasteiger partial charge in [0.15, 0.2) is 0 Å². The fourth-order valence-electron chi connectivity index (χ4n) is 2.74. The van der Waals surface area contributed by atoms with Crippen LogP contribution in [0.3, 0.4) is 0 Å². The number of hydrogen-bond donors (Lipinski definition) is 3. The Kier molecular flexibility index (Phi) is 3.58. The first-order chi connectivity index (χ1) is 10.2. The first kappa shape index (κ1) is 13.6. The molecule has 0 spiro atoms. The average molecular weight is 282 g/mol. The molecule has 108 valence electrons. The lowest BCUT2D eigenvalue weighted by Gasteiger charge is -2.21. The van der Waals surface area contributed by atoms with Crippen LogP contribution in [0.2, 0.25) is 0 Å². The molecule has 0 fully saturated rings. The zero-order valence-corrected chi connectivity index (χ0v) is 11.9. The van der Waals surface area contributed by atoms with Gasteiger partial charge >= 0.3 is 0 Å². The van der Waals surface area contributed by atoms with E-state index in [0.29, 0.717) is 11.4 Å². The van der Waals surface area contributed by atoms with Crippen LogP contribution in [0, 0.1) is 6.92 Å². The van der Waals surface area contributed by atoms with Gasteiger partial charge in [-0.15, -0.1) is 0 Å². The first-order valence-corrected chi connectivity index (χ1v) is 7.00. The third-order valence-electron chi connectivity index (χ3n) is 3.80. The van der Waals surface area contributed by atoms with Crippen molar-refractivity contribution in [2.75, 3.05) is 11.9 Å². The molecule has 0 saturated heterocycles. The van der Waals surface area contributed by atoms with Crippen molar-refractivity contribution >= 4 is 17.4 Å². The van der Waals surface area contributed by atoms with Gasteiger partial charge in [-0.25, -0.2) is 4.98 Å². The summed E-state index contributed by atoms with van der Waals surface area (Å²) < 4.78 is 0. The van der Waals surface area contributed by atoms with E-state index in [2.05, 4.69) is 21.7 Å². The maximum atomic E-state index is 11.7. The Morgan fingerprint density at radius 3 is 3.05 bits per heavy atom. The molecule has 21 heavy (non-hydrogen) atoms. The lowest BCUT2D eigenvalue weighted by molar-refractivity contribution is 0.100. The van der Waals surface area contributed by atoms with E-state index < -0.39 is 5.91 Å². The topological polar surface area (TPSA) is 80.0 Å². The van der Waals surface area contributed by atoms with Crippen LogP contribution < -0.4 is 16.4 Å². The van der Waals surface area contributed by atoms with Gasteiger partial charge < -0.3 is 16.4 Å². The number of carbonyl (C=O) groups is 1. The summed E-state index contributed by atoms with van der Waals surface area (Å²) in [6, 6.07) is 7.92. The Morgan fingerprint density at radius 2 is 2.24 bits per heavy atom. The normalized spacial score (nSPS) is 13.6. The summed E-state index contributed by atoms with van der Waals surface area (Å²) in [6.07, 6.45) is 2.64. The van der Waals surface area contributed by atoms with Gasteiger partial charge in [-0.2, -0.15) is 0 Å². The molecule has 0 saturated carbocycles. The summed E-state index contributed by atoms with van der Waals surface area (Å²) in [5.41, 5.74) is 10.3. The lowest BCUT2D eigenvalue weighted by Crippen LogP contribution is -2.24. The number of aryl methyl sites for hydroxylation is 1. The Bertz CT molecular complexity index is 697. The Balaban J connectivity index is 2.02. The fourth-order valence-corrected chi connectivity index (χ4v) is 2.74. The van der Waals surface area contributed by atoms with Crippen LogP contribution in [-0.4, -0.2) is 17.4 Å². The maximum Gasteiger partial charge on any atom is 0.252 e. The number of fused-ring (bicyclic) bond motifs is 1. The molecular weight excluding hydrogens is 264 g/mol. The molecule has 2 aromatic rings. The molecule has 3 rings (SSSR count). The molecule has 2 heterocycles. The number of nitrogens with zero attached hydrogens (tertiary/aromatic N) is 1. The molecule has 5 heteroatoms. The average Bonchev–Trinajstić information content (AvgIpc) is 2.47. The standard InChI is InChI=1S/C16H18N4O/c1-10-5-8-19-16(14(10)15(17)21)20-13-4-2-3-11-9-18-7-6-12(11)13/h2-5,8,18H,6-7,9H2,1H3,(H2,17,21)(H,19,20). The van der Waals surface area contributed by atoms with Crippen molar-refractivity contribution in [2.45, 2.75) is 19.9 Å². The van der Waals surface area contributed by atoms with Crippen molar-refractivity contribution < 1.29 is 4.79 Å². The minimum atomic E-state index is -0.463. The number of rotatable bonds is 3. The van der Waals surface area contributed by atoms with Crippen LogP contribution in [0.1, 0.15) is 27.0 Å². The number of benzene rings is 1. The largest absolute Gasteiger partial charge is 0.365 e. The van der Waals surface area contributed by atoms with E-state index >= 15 is 0 Å². The number of pyridine rings is 1. The lowest BCUT2D eigenvalue weighted by atomic mass is 9.99. The second-order valence-electron chi connectivity index (χ2n) is 5.21. The van der Waals surface area contributed by atoms with Crippen molar-refractivity contribution in [1.29, 1.82) is 0 Å². The van der Waals surface area contributed by atoms with Crippen molar-refractivity contribution in [2.24, 2.45) is 5.73 Å². The fraction of sp³-hybridized carbons (Fsp3) is 0.250. The van der Waals surface area contributed by atoms with E-state index in [0.717, 1.165) is 30.8 Å². The number of nitrogens with one attached hydrogen (secondary N) is 2. The number of amides is 1. The van der Waals surface area contributed by atoms with E-state index in [1.165, 1.54) is 11.1 Å². The van der Waals surface area contributed by atoms with Gasteiger partial charge in [-0.3, -0.25) is 4.79 Å². The van der Waals surface area contributed by atoms with Gasteiger partial charge in [-0.05, 0) is 48.7 Å². The molecule has 1 aliphatic heterocycles. The molecule has 0 radical (unpaired) electrons. The van der Waals surface area contributed by atoms with E-state index in [-0.39, 0.29) is 0 Å². The van der Waals surface area contributed by atoms with Crippen LogP contribution in [0.25, 0.3) is 0 Å². The molecular formula is C16H18N4O. The smallest absolute Gasteiger partial charge is 0.252 e. The SMILES string of the molecule is Cc1ccnc(Nc2cccc3c2CCNC3)c1C(N)=O. The monoisotopic (exact) mass is 282 g/mol. The van der Waals surface area contributed by atoms with Crippen LogP contribution in [0.5, 0.6) is 0 Å². The summed E-state index contributed by atoms with van der Waals surface area (Å²) in [4.78, 5) is 15.9. The van der Waals surface area contributed by atoms with Crippen LogP contribution in [0.4, 0.5) is 11.5 Å². The highest BCUT2D eigenvalue weighted by Crippen LogP contribution is 2.27. The number of aromatic nitrogens is 1. The van der Waals surface area contributed by atoms with Gasteiger partial charge in [0.05, 0.1) is 5.56 Å². The van der Waals surface area contributed by atoms with Gasteiger partial charge in [0, 0.05) is 18.4 Å². The van der Waals surface area contributed by atoms with Gasteiger partial charge in [0.2, 0.25) is 0 Å². The molecule has 1 amide bonds. The van der Waals surface area contributed by atoms with Gasteiger partial charge in [-0.1, -0.05) is 12.1 Å². The molecule has 0 bridgehead atoms. The van der Waals surface area contributed by atoms with Crippen molar-refractivity contribution in [3.05, 3.63) is 52.7 Å². The maximum absolute atomic E-state index is 11.7. The molecule has 1 aromatic carbocycles. The van der Waals surface area contributed by atoms with Gasteiger partial charge in [0.25, 0.3) is 5.91 Å². The number of anilines is 2. The quantitative estimate of drug-likeness (QED) is 0.803. The van der Waals surface area contributed by atoms with E-state index in [1.807, 2.05) is 19.1 Å². The predicted molar refractivity (Wildman–Crippen MR) is 82.6 cm³/mol. The zero-order valence-electron chi connectivity index (χ0n) is 11.9. The van der Waals surface area contributed by atoms with Crippen LogP contribution in [0.15, 0.2) is 30.5 Å². The van der Waals surface area contributed by atoms with E-state index in [4.69, 9.17) is 5.73 Å². The molecule has 1 aliphatic rings. The summed E-state index contributed by atoms with van der Waals surface area (Å²) in [7, 11) is 0. The summed E-state index contributed by atoms with van der Waals surface area (Å²) in [5, 5.41) is 6.64. The Labute approximate surface area is 123 Å². The zero-order chi connectivity index (χ0) is 14.8. The number of primary amides is 1. The molecule has 0 unspecified atom stereocenters. The van der Waals surface area contributed by atoms with E-state index in [1.54, 1.807) is 12.3 Å². The predicted octanol–water partition coefficient (Wildman–Crippen LogP) is 1.88. The molecule has 0 aliphatic carbocycles. The third kappa shape index (κ3) is 2.60. The van der Waals surface area contributed by atoms with Crippen molar-refractivity contribution in [3.63, 3.8) is 0 Å². The van der Waals surface area contributed by atoms with E-state index in [9.17, 15) is 4.79 Å². The summed E-state index contributed by atoms with van der Waals surface area (Å²) in [5.74, 6) is 0.0593. The van der Waals surface area contributed by atoms with Crippen molar-refractivity contribution in [3.8, 4) is 0 Å². The van der Waals surface area contributed by atoms with Gasteiger partial charge in [0.1, 0.15) is 5.82 Å². The first-order valence-electron chi connectivity index (χ1n) is 7.00. The third-order valence-corrected chi connectivity index (χ3v) is 3.80. The summed E-state index contributed by atoms with van der Waals surface area (Å²) in [6.45, 7) is 3.68. The molecule has 1 aromatic heterocycles. The second-order valence-corrected chi connectivity index (χ2v) is 5.21. The minimum Gasteiger partial charge on any atom is -0.365 e. The molecule has 0 atom stereocenters. The highest BCUT2D eigenvalue weighted by Gasteiger charge is 2.16. The Morgan fingerprint density at radius 1 is 1.38 bits per heavy atom.